The summed E-state index contributed by atoms with van der Waals surface area (Å²) in [6.45, 7) is 0. The Labute approximate surface area is 107 Å². The molecule has 0 heterocycles. The van der Waals surface area contributed by atoms with Crippen LogP contribution in [0.2, 0.25) is 5.02 Å². The monoisotopic (exact) mass is 307 g/mol. The van der Waals surface area contributed by atoms with Crippen LogP contribution in [-0.4, -0.2) is 19.2 Å². The number of rotatable bonds is 3. The maximum Gasteiger partial charge on any atom is 0.145 e. The summed E-state index contributed by atoms with van der Waals surface area (Å²) in [5.74, 6) is 0.0609. The SMILES string of the molecule is CNC1CC(Oc2cc(F)c(Cl)cc2Br)C1. The van der Waals surface area contributed by atoms with E-state index in [-0.39, 0.29) is 11.1 Å². The third kappa shape index (κ3) is 2.50. The number of ether oxygens (including phenoxy) is 1. The molecule has 0 radical (unpaired) electrons. The maximum absolute atomic E-state index is 13.2. The maximum atomic E-state index is 13.2. The lowest BCUT2D eigenvalue weighted by atomic mass is 9.89. The van der Waals surface area contributed by atoms with Crippen molar-refractivity contribution in [3.8, 4) is 5.75 Å². The van der Waals surface area contributed by atoms with Gasteiger partial charge in [0.25, 0.3) is 0 Å². The minimum atomic E-state index is -0.454. The molecule has 1 aromatic carbocycles. The van der Waals surface area contributed by atoms with E-state index in [1.165, 1.54) is 12.1 Å². The molecule has 1 N–H and O–H groups in total. The van der Waals surface area contributed by atoms with E-state index in [0.29, 0.717) is 16.3 Å². The fourth-order valence-corrected chi connectivity index (χ4v) is 2.40. The zero-order valence-electron chi connectivity index (χ0n) is 8.77. The molecule has 2 nitrogen and oxygen atoms in total. The molecule has 0 atom stereocenters. The molecular weight excluding hydrogens is 296 g/mol. The Kier molecular flexibility index (Phi) is 3.72. The molecule has 0 spiro atoms. The first-order chi connectivity index (χ1) is 7.60. The highest BCUT2D eigenvalue weighted by molar-refractivity contribution is 9.10. The van der Waals surface area contributed by atoms with Gasteiger partial charge in [0.2, 0.25) is 0 Å². The van der Waals surface area contributed by atoms with Crippen molar-refractivity contribution in [2.45, 2.75) is 25.0 Å². The Bertz CT molecular complexity index is 396. The molecule has 5 heteroatoms. The standard InChI is InChI=1S/C11H12BrClFNO/c1-15-6-2-7(3-6)16-11-5-10(14)9(13)4-8(11)12/h4-7,15H,2-3H2,1H3. The minimum Gasteiger partial charge on any atom is -0.489 e. The van der Waals surface area contributed by atoms with E-state index in [2.05, 4.69) is 21.2 Å². The molecule has 1 fully saturated rings. The van der Waals surface area contributed by atoms with Crippen molar-refractivity contribution in [1.82, 2.24) is 5.32 Å². The first-order valence-electron chi connectivity index (χ1n) is 5.08. The molecule has 88 valence electrons. The van der Waals surface area contributed by atoms with Gasteiger partial charge in [-0.05, 0) is 41.9 Å². The number of benzene rings is 1. The van der Waals surface area contributed by atoms with E-state index in [1.807, 2.05) is 7.05 Å². The number of hydrogen-bond donors (Lipinski definition) is 1. The number of nitrogens with one attached hydrogen (secondary N) is 1. The predicted molar refractivity (Wildman–Crippen MR) is 65.6 cm³/mol. The van der Waals surface area contributed by atoms with Crippen LogP contribution >= 0.6 is 27.5 Å². The van der Waals surface area contributed by atoms with Gasteiger partial charge < -0.3 is 10.1 Å². The summed E-state index contributed by atoms with van der Waals surface area (Å²) in [6.07, 6.45) is 2.06. The van der Waals surface area contributed by atoms with E-state index in [0.717, 1.165) is 12.8 Å². The Balaban J connectivity index is 2.02. The predicted octanol–water partition coefficient (Wildman–Crippen LogP) is 3.37. The van der Waals surface area contributed by atoms with Crippen LogP contribution < -0.4 is 10.1 Å². The Morgan fingerprint density at radius 3 is 2.81 bits per heavy atom. The number of halogens is 3. The fraction of sp³-hybridized carbons (Fsp3) is 0.455. The quantitative estimate of drug-likeness (QED) is 0.865. The minimum absolute atomic E-state index is 0.0981. The lowest BCUT2D eigenvalue weighted by molar-refractivity contribution is 0.0874. The van der Waals surface area contributed by atoms with Crippen LogP contribution in [0.5, 0.6) is 5.75 Å². The highest BCUT2D eigenvalue weighted by Gasteiger charge is 2.30. The molecule has 0 aromatic heterocycles. The molecule has 1 aromatic rings. The summed E-state index contributed by atoms with van der Waals surface area (Å²) in [4.78, 5) is 0. The van der Waals surface area contributed by atoms with Gasteiger partial charge >= 0.3 is 0 Å². The highest BCUT2D eigenvalue weighted by atomic mass is 79.9. The molecule has 1 aliphatic carbocycles. The van der Waals surface area contributed by atoms with Gasteiger partial charge in [0.15, 0.2) is 0 Å². The Morgan fingerprint density at radius 1 is 1.50 bits per heavy atom. The van der Waals surface area contributed by atoms with Crippen molar-refractivity contribution in [2.24, 2.45) is 0 Å². The summed E-state index contributed by atoms with van der Waals surface area (Å²) >= 11 is 8.95. The van der Waals surface area contributed by atoms with Crippen molar-refractivity contribution in [3.63, 3.8) is 0 Å². The summed E-state index contributed by atoms with van der Waals surface area (Å²) < 4.78 is 19.6. The summed E-state index contributed by atoms with van der Waals surface area (Å²) in [7, 11) is 1.93. The Morgan fingerprint density at radius 2 is 2.19 bits per heavy atom. The second-order valence-corrected chi connectivity index (χ2v) is 5.16. The molecule has 1 aliphatic rings. The van der Waals surface area contributed by atoms with Gasteiger partial charge in [-0.3, -0.25) is 0 Å². The van der Waals surface area contributed by atoms with Crippen molar-refractivity contribution in [3.05, 3.63) is 27.4 Å². The zero-order valence-corrected chi connectivity index (χ0v) is 11.1. The van der Waals surface area contributed by atoms with Crippen LogP contribution in [0.15, 0.2) is 16.6 Å². The van der Waals surface area contributed by atoms with Crippen LogP contribution in [-0.2, 0) is 0 Å². The summed E-state index contributed by atoms with van der Waals surface area (Å²) in [6, 6.07) is 3.35. The smallest absolute Gasteiger partial charge is 0.145 e. The molecular formula is C11H12BrClFNO. The van der Waals surface area contributed by atoms with E-state index < -0.39 is 5.82 Å². The zero-order chi connectivity index (χ0) is 11.7. The van der Waals surface area contributed by atoms with Gasteiger partial charge in [-0.2, -0.15) is 0 Å². The van der Waals surface area contributed by atoms with Crippen LogP contribution in [0.1, 0.15) is 12.8 Å². The molecule has 2 rings (SSSR count). The topological polar surface area (TPSA) is 21.3 Å². The lowest BCUT2D eigenvalue weighted by Crippen LogP contribution is -2.45. The average molecular weight is 309 g/mol. The van der Waals surface area contributed by atoms with Crippen LogP contribution in [0.4, 0.5) is 4.39 Å². The van der Waals surface area contributed by atoms with Crippen molar-refractivity contribution < 1.29 is 9.13 Å². The van der Waals surface area contributed by atoms with Gasteiger partial charge in [0.1, 0.15) is 17.7 Å². The van der Waals surface area contributed by atoms with E-state index in [1.54, 1.807) is 0 Å². The number of hydrogen-bond acceptors (Lipinski definition) is 2. The normalized spacial score (nSPS) is 24.0. The van der Waals surface area contributed by atoms with Crippen molar-refractivity contribution in [1.29, 1.82) is 0 Å². The first-order valence-corrected chi connectivity index (χ1v) is 6.25. The van der Waals surface area contributed by atoms with Crippen LogP contribution in [0, 0.1) is 5.82 Å². The highest BCUT2D eigenvalue weighted by Crippen LogP contribution is 2.34. The third-order valence-corrected chi connectivity index (χ3v) is 3.68. The van der Waals surface area contributed by atoms with Crippen molar-refractivity contribution in [2.75, 3.05) is 7.05 Å². The average Bonchev–Trinajstić information content (AvgIpc) is 2.18. The Hall–Kier alpha value is -0.320. The van der Waals surface area contributed by atoms with E-state index in [4.69, 9.17) is 16.3 Å². The molecule has 16 heavy (non-hydrogen) atoms. The van der Waals surface area contributed by atoms with Gasteiger partial charge in [-0.25, -0.2) is 4.39 Å². The second-order valence-electron chi connectivity index (χ2n) is 3.89. The molecule has 0 unspecified atom stereocenters. The van der Waals surface area contributed by atoms with Crippen molar-refractivity contribution >= 4 is 27.5 Å². The van der Waals surface area contributed by atoms with Crippen LogP contribution in [0.3, 0.4) is 0 Å². The fourth-order valence-electron chi connectivity index (χ4n) is 1.67. The molecule has 0 aliphatic heterocycles. The third-order valence-electron chi connectivity index (χ3n) is 2.77. The first kappa shape index (κ1) is 12.1. The van der Waals surface area contributed by atoms with Gasteiger partial charge in [0.05, 0.1) is 9.50 Å². The molecule has 0 amide bonds. The van der Waals surface area contributed by atoms with E-state index >= 15 is 0 Å². The molecule has 0 saturated heterocycles. The molecule has 0 bridgehead atoms. The van der Waals surface area contributed by atoms with Gasteiger partial charge in [-0.15, -0.1) is 0 Å². The largest absolute Gasteiger partial charge is 0.489 e. The molecule has 1 saturated carbocycles. The van der Waals surface area contributed by atoms with Gasteiger partial charge in [0, 0.05) is 12.1 Å². The van der Waals surface area contributed by atoms with Gasteiger partial charge in [-0.1, -0.05) is 11.6 Å². The second kappa shape index (κ2) is 4.90. The van der Waals surface area contributed by atoms with Crippen LogP contribution in [0.25, 0.3) is 0 Å². The summed E-state index contributed by atoms with van der Waals surface area (Å²) in [5, 5.41) is 3.26. The summed E-state index contributed by atoms with van der Waals surface area (Å²) in [5.41, 5.74) is 0. The lowest BCUT2D eigenvalue weighted by Gasteiger charge is -2.35. The van der Waals surface area contributed by atoms with E-state index in [9.17, 15) is 4.39 Å².